The second-order valence-corrected chi connectivity index (χ2v) is 7.63. The zero-order valence-electron chi connectivity index (χ0n) is 17.4. The van der Waals surface area contributed by atoms with E-state index in [0.717, 1.165) is 28.1 Å². The van der Waals surface area contributed by atoms with Gasteiger partial charge in [0.1, 0.15) is 23.9 Å². The van der Waals surface area contributed by atoms with Crippen molar-refractivity contribution in [3.05, 3.63) is 78.1 Å². The van der Waals surface area contributed by atoms with E-state index < -0.39 is 5.97 Å². The summed E-state index contributed by atoms with van der Waals surface area (Å²) in [6.45, 7) is 3.93. The molecular formula is C25H24FNO4. The Morgan fingerprint density at radius 1 is 1.10 bits per heavy atom. The number of ether oxygens (including phenoxy) is 3. The Kier molecular flexibility index (Phi) is 6.07. The van der Waals surface area contributed by atoms with Crippen molar-refractivity contribution in [1.82, 2.24) is 0 Å². The fourth-order valence-electron chi connectivity index (χ4n) is 3.50. The van der Waals surface area contributed by atoms with Gasteiger partial charge in [-0.1, -0.05) is 24.3 Å². The van der Waals surface area contributed by atoms with E-state index in [0.29, 0.717) is 12.4 Å². The Bertz CT molecular complexity index is 1080. The lowest BCUT2D eigenvalue weighted by atomic mass is 10.00. The van der Waals surface area contributed by atoms with Gasteiger partial charge in [0, 0.05) is 17.3 Å². The van der Waals surface area contributed by atoms with Gasteiger partial charge in [-0.3, -0.25) is 0 Å². The summed E-state index contributed by atoms with van der Waals surface area (Å²) >= 11 is 0. The van der Waals surface area contributed by atoms with Crippen LogP contribution in [0, 0.1) is 5.82 Å². The number of carbonyl (C=O) groups excluding carboxylic acids is 1. The summed E-state index contributed by atoms with van der Waals surface area (Å²) < 4.78 is 30.1. The van der Waals surface area contributed by atoms with E-state index in [1.54, 1.807) is 26.0 Å². The van der Waals surface area contributed by atoms with Crippen LogP contribution in [-0.4, -0.2) is 25.3 Å². The monoisotopic (exact) mass is 421 g/mol. The van der Waals surface area contributed by atoms with E-state index in [1.807, 2.05) is 42.5 Å². The molecule has 0 saturated carbocycles. The number of hydrogen-bond acceptors (Lipinski definition) is 5. The van der Waals surface area contributed by atoms with E-state index in [1.165, 1.54) is 12.1 Å². The zero-order valence-corrected chi connectivity index (χ0v) is 17.4. The molecule has 0 aliphatic carbocycles. The number of benzene rings is 3. The number of nitrogens with one attached hydrogen (secondary N) is 1. The molecule has 1 atom stereocenters. The highest BCUT2D eigenvalue weighted by Gasteiger charge is 2.24. The minimum absolute atomic E-state index is 0.0651. The van der Waals surface area contributed by atoms with Gasteiger partial charge in [-0.25, -0.2) is 9.18 Å². The fraction of sp³-hybridized carbons (Fsp3) is 0.240. The predicted octanol–water partition coefficient (Wildman–Crippen LogP) is 5.37. The molecule has 0 radical (unpaired) electrons. The summed E-state index contributed by atoms with van der Waals surface area (Å²) in [6.07, 6.45) is -0.177. The van der Waals surface area contributed by atoms with Crippen LogP contribution in [0.25, 0.3) is 11.1 Å². The molecule has 5 nitrogen and oxygen atoms in total. The number of rotatable bonds is 7. The molecule has 0 bridgehead atoms. The largest absolute Gasteiger partial charge is 0.491 e. The van der Waals surface area contributed by atoms with E-state index in [-0.39, 0.29) is 24.6 Å². The Morgan fingerprint density at radius 3 is 2.71 bits per heavy atom. The Labute approximate surface area is 180 Å². The summed E-state index contributed by atoms with van der Waals surface area (Å²) in [5.74, 6) is 0.703. The number of carbonyl (C=O) groups is 1. The normalized spacial score (nSPS) is 14.6. The quantitative estimate of drug-likeness (QED) is 0.520. The molecule has 1 unspecified atom stereocenters. The third kappa shape index (κ3) is 5.15. The first-order valence-corrected chi connectivity index (χ1v) is 10.2. The van der Waals surface area contributed by atoms with Crippen LogP contribution in [0.2, 0.25) is 0 Å². The fourth-order valence-corrected chi connectivity index (χ4v) is 3.50. The molecular weight excluding hydrogens is 397 g/mol. The number of hydrogen-bond donors (Lipinski definition) is 1. The van der Waals surface area contributed by atoms with Crippen LogP contribution >= 0.6 is 0 Å². The van der Waals surface area contributed by atoms with Gasteiger partial charge in [0.05, 0.1) is 12.1 Å². The number of halogens is 1. The maximum absolute atomic E-state index is 13.6. The highest BCUT2D eigenvalue weighted by atomic mass is 19.1. The highest BCUT2D eigenvalue weighted by Crippen LogP contribution is 2.38. The molecule has 1 heterocycles. The average molecular weight is 421 g/mol. The Morgan fingerprint density at radius 2 is 1.90 bits per heavy atom. The van der Waals surface area contributed by atoms with Crippen molar-refractivity contribution in [2.24, 2.45) is 0 Å². The van der Waals surface area contributed by atoms with Gasteiger partial charge in [-0.15, -0.1) is 0 Å². The van der Waals surface area contributed by atoms with Gasteiger partial charge >= 0.3 is 5.97 Å². The van der Waals surface area contributed by atoms with E-state index in [9.17, 15) is 9.18 Å². The summed E-state index contributed by atoms with van der Waals surface area (Å²) in [7, 11) is 0. The van der Waals surface area contributed by atoms with Crippen molar-refractivity contribution in [3.8, 4) is 22.6 Å². The van der Waals surface area contributed by atoms with Crippen molar-refractivity contribution >= 4 is 11.7 Å². The smallest absolute Gasteiger partial charge is 0.344 e. The number of esters is 1. The lowest BCUT2D eigenvalue weighted by molar-refractivity contribution is -0.149. The lowest BCUT2D eigenvalue weighted by Gasteiger charge is -2.15. The highest BCUT2D eigenvalue weighted by molar-refractivity contribution is 5.71. The van der Waals surface area contributed by atoms with Crippen molar-refractivity contribution in [2.75, 3.05) is 18.5 Å². The Hall–Kier alpha value is -3.54. The number of fused-ring (bicyclic) bond motifs is 1. The van der Waals surface area contributed by atoms with Crippen molar-refractivity contribution in [3.63, 3.8) is 0 Å². The molecule has 31 heavy (non-hydrogen) atoms. The second-order valence-electron chi connectivity index (χ2n) is 7.63. The number of anilines is 1. The first-order valence-electron chi connectivity index (χ1n) is 10.2. The van der Waals surface area contributed by atoms with Crippen LogP contribution in [0.5, 0.6) is 11.5 Å². The first kappa shape index (κ1) is 20.7. The van der Waals surface area contributed by atoms with Crippen molar-refractivity contribution in [2.45, 2.75) is 26.0 Å². The maximum atomic E-state index is 13.6. The Balaban J connectivity index is 1.47. The van der Waals surface area contributed by atoms with Crippen LogP contribution in [0.1, 0.15) is 25.5 Å². The van der Waals surface area contributed by atoms with Gasteiger partial charge < -0.3 is 19.5 Å². The molecule has 0 amide bonds. The molecule has 0 fully saturated rings. The van der Waals surface area contributed by atoms with Crippen molar-refractivity contribution < 1.29 is 23.4 Å². The van der Waals surface area contributed by atoms with Crippen LogP contribution in [-0.2, 0) is 9.53 Å². The molecule has 0 saturated heterocycles. The van der Waals surface area contributed by atoms with Crippen LogP contribution in [0.15, 0.2) is 66.7 Å². The summed E-state index contributed by atoms with van der Waals surface area (Å²) in [5, 5.41) is 3.45. The van der Waals surface area contributed by atoms with Gasteiger partial charge in [0.25, 0.3) is 0 Å². The minimum Gasteiger partial charge on any atom is -0.491 e. The van der Waals surface area contributed by atoms with Gasteiger partial charge in [0.15, 0.2) is 6.61 Å². The molecule has 0 aromatic heterocycles. The SMILES string of the molecule is CC(C)OC(=O)COc1cccc(NC2COc3ccc(-c4cccc(F)c4)cc32)c1. The van der Waals surface area contributed by atoms with Gasteiger partial charge in [-0.2, -0.15) is 0 Å². The van der Waals surface area contributed by atoms with E-state index in [4.69, 9.17) is 14.2 Å². The molecule has 1 aliphatic rings. The van der Waals surface area contributed by atoms with Crippen LogP contribution in [0.4, 0.5) is 10.1 Å². The molecule has 160 valence electrons. The standard InChI is InChI=1S/C25H24FNO4/c1-16(2)31-25(28)15-29-21-8-4-7-20(13-21)27-23-14-30-24-10-9-18(12-22(23)24)17-5-3-6-19(26)11-17/h3-13,16,23,27H,14-15H2,1-2H3. The molecule has 0 spiro atoms. The van der Waals surface area contributed by atoms with Gasteiger partial charge in [0.2, 0.25) is 0 Å². The molecule has 1 N–H and O–H groups in total. The van der Waals surface area contributed by atoms with E-state index in [2.05, 4.69) is 5.32 Å². The summed E-state index contributed by atoms with van der Waals surface area (Å²) in [6, 6.07) is 19.7. The third-order valence-electron chi connectivity index (χ3n) is 4.85. The first-order chi connectivity index (χ1) is 15.0. The van der Waals surface area contributed by atoms with E-state index >= 15 is 0 Å². The average Bonchev–Trinajstić information content (AvgIpc) is 3.14. The lowest BCUT2D eigenvalue weighted by Crippen LogP contribution is -2.18. The minimum atomic E-state index is -0.406. The molecule has 1 aliphatic heterocycles. The molecule has 6 heteroatoms. The topological polar surface area (TPSA) is 56.8 Å². The van der Waals surface area contributed by atoms with Crippen LogP contribution < -0.4 is 14.8 Å². The maximum Gasteiger partial charge on any atom is 0.344 e. The van der Waals surface area contributed by atoms with Gasteiger partial charge in [-0.05, 0) is 61.4 Å². The predicted molar refractivity (Wildman–Crippen MR) is 117 cm³/mol. The van der Waals surface area contributed by atoms with Crippen LogP contribution in [0.3, 0.4) is 0 Å². The zero-order chi connectivity index (χ0) is 21.8. The van der Waals surface area contributed by atoms with Crippen molar-refractivity contribution in [1.29, 1.82) is 0 Å². The molecule has 3 aromatic rings. The third-order valence-corrected chi connectivity index (χ3v) is 4.85. The summed E-state index contributed by atoms with van der Waals surface area (Å²) in [5.41, 5.74) is 3.59. The molecule has 3 aromatic carbocycles. The second kappa shape index (κ2) is 9.08. The summed E-state index contributed by atoms with van der Waals surface area (Å²) in [4.78, 5) is 11.7. The molecule has 4 rings (SSSR count).